The number of amides is 1. The summed E-state index contributed by atoms with van der Waals surface area (Å²) in [4.78, 5) is 12.0. The molecule has 1 aliphatic rings. The molecule has 0 radical (unpaired) electrons. The smallest absolute Gasteiger partial charge is 0.252 e. The summed E-state index contributed by atoms with van der Waals surface area (Å²) in [7, 11) is 0. The van der Waals surface area contributed by atoms with E-state index in [0.717, 1.165) is 28.6 Å². The van der Waals surface area contributed by atoms with Crippen LogP contribution in [0.2, 0.25) is 0 Å². The minimum absolute atomic E-state index is 0.00528. The van der Waals surface area contributed by atoms with Gasteiger partial charge in [-0.2, -0.15) is 0 Å². The van der Waals surface area contributed by atoms with E-state index in [0.29, 0.717) is 0 Å². The van der Waals surface area contributed by atoms with Crippen molar-refractivity contribution >= 4 is 33.2 Å². The van der Waals surface area contributed by atoms with Crippen LogP contribution in [0.4, 0.5) is 0 Å². The van der Waals surface area contributed by atoms with Crippen LogP contribution in [0.5, 0.6) is 0 Å². The lowest BCUT2D eigenvalue weighted by atomic mass is 10.0. The van der Waals surface area contributed by atoms with E-state index < -0.39 is 0 Å². The lowest BCUT2D eigenvalue weighted by Gasteiger charge is -2.22. The SMILES string of the molecule is NC1CCCCCC1NC(=O)c1csc(Br)c1. The van der Waals surface area contributed by atoms with Crippen molar-refractivity contribution in [2.75, 3.05) is 0 Å². The maximum Gasteiger partial charge on any atom is 0.252 e. The number of nitrogens with one attached hydrogen (secondary N) is 1. The average Bonchev–Trinajstić information content (AvgIpc) is 2.63. The standard InChI is InChI=1S/C12H17BrN2OS/c13-11-6-8(7-17-11)12(16)15-10-5-3-1-2-4-9(10)14/h6-7,9-10H,1-5,14H2,(H,15,16). The molecular weight excluding hydrogens is 300 g/mol. The monoisotopic (exact) mass is 316 g/mol. The second kappa shape index (κ2) is 5.98. The van der Waals surface area contributed by atoms with E-state index in [4.69, 9.17) is 5.73 Å². The van der Waals surface area contributed by atoms with Gasteiger partial charge in [-0.3, -0.25) is 4.79 Å². The van der Waals surface area contributed by atoms with Gasteiger partial charge in [-0.25, -0.2) is 0 Å². The molecule has 5 heteroatoms. The molecule has 1 fully saturated rings. The van der Waals surface area contributed by atoms with Crippen LogP contribution in [0.3, 0.4) is 0 Å². The van der Waals surface area contributed by atoms with Crippen LogP contribution in [0.15, 0.2) is 15.2 Å². The van der Waals surface area contributed by atoms with Crippen LogP contribution >= 0.6 is 27.3 Å². The maximum absolute atomic E-state index is 12.0. The molecule has 1 aromatic heterocycles. The lowest BCUT2D eigenvalue weighted by molar-refractivity contribution is 0.0929. The third-order valence-corrected chi connectivity index (χ3v) is 4.72. The molecule has 3 N–H and O–H groups in total. The molecule has 1 amide bonds. The summed E-state index contributed by atoms with van der Waals surface area (Å²) in [5, 5.41) is 4.92. The zero-order valence-corrected chi connectivity index (χ0v) is 12.0. The summed E-state index contributed by atoms with van der Waals surface area (Å²) in [6.45, 7) is 0. The van der Waals surface area contributed by atoms with E-state index >= 15 is 0 Å². The summed E-state index contributed by atoms with van der Waals surface area (Å²) in [6, 6.07) is 2.08. The highest BCUT2D eigenvalue weighted by molar-refractivity contribution is 9.11. The Hall–Kier alpha value is -0.390. The zero-order chi connectivity index (χ0) is 12.3. The normalized spacial score (nSPS) is 25.3. The Morgan fingerprint density at radius 3 is 2.88 bits per heavy atom. The molecule has 2 unspecified atom stereocenters. The first-order chi connectivity index (χ1) is 8.16. The predicted octanol–water partition coefficient (Wildman–Crippen LogP) is 2.90. The summed E-state index contributed by atoms with van der Waals surface area (Å²) >= 11 is 4.89. The first-order valence-corrected chi connectivity index (χ1v) is 7.64. The van der Waals surface area contributed by atoms with E-state index in [1.807, 2.05) is 11.4 Å². The van der Waals surface area contributed by atoms with Gasteiger partial charge in [0.2, 0.25) is 0 Å². The van der Waals surface area contributed by atoms with Crippen molar-refractivity contribution < 1.29 is 4.79 Å². The first-order valence-electron chi connectivity index (χ1n) is 5.97. The van der Waals surface area contributed by atoms with Gasteiger partial charge in [-0.05, 0) is 34.8 Å². The van der Waals surface area contributed by atoms with Gasteiger partial charge in [0.1, 0.15) is 0 Å². The Labute approximate surface area is 114 Å². The number of nitrogens with two attached hydrogens (primary N) is 1. The van der Waals surface area contributed by atoms with Gasteiger partial charge in [0.25, 0.3) is 5.91 Å². The number of carbonyl (C=O) groups is 1. The molecule has 2 rings (SSSR count). The minimum atomic E-state index is -0.00528. The number of carbonyl (C=O) groups excluding carboxylic acids is 1. The van der Waals surface area contributed by atoms with Crippen molar-refractivity contribution in [3.05, 3.63) is 20.8 Å². The fourth-order valence-corrected chi connectivity index (χ4v) is 3.33. The Kier molecular flexibility index (Phi) is 4.59. The summed E-state index contributed by atoms with van der Waals surface area (Å²) in [6.07, 6.45) is 5.57. The quantitative estimate of drug-likeness (QED) is 0.824. The molecule has 94 valence electrons. The fourth-order valence-electron chi connectivity index (χ4n) is 2.20. The number of halogens is 1. The molecule has 0 aliphatic heterocycles. The summed E-state index contributed by atoms with van der Waals surface area (Å²) < 4.78 is 0.979. The molecule has 0 aromatic carbocycles. The molecule has 1 aliphatic carbocycles. The molecule has 0 spiro atoms. The highest BCUT2D eigenvalue weighted by Crippen LogP contribution is 2.21. The van der Waals surface area contributed by atoms with Gasteiger partial charge in [-0.15, -0.1) is 11.3 Å². The Morgan fingerprint density at radius 1 is 1.41 bits per heavy atom. The topological polar surface area (TPSA) is 55.1 Å². The van der Waals surface area contributed by atoms with Gasteiger partial charge in [-0.1, -0.05) is 19.3 Å². The van der Waals surface area contributed by atoms with Gasteiger partial charge in [0, 0.05) is 17.5 Å². The summed E-state index contributed by atoms with van der Waals surface area (Å²) in [5.74, 6) is -0.00528. The van der Waals surface area contributed by atoms with Crippen LogP contribution in [-0.2, 0) is 0 Å². The number of hydrogen-bond donors (Lipinski definition) is 2. The van der Waals surface area contributed by atoms with E-state index in [2.05, 4.69) is 21.2 Å². The molecule has 17 heavy (non-hydrogen) atoms. The van der Waals surface area contributed by atoms with Crippen LogP contribution < -0.4 is 11.1 Å². The van der Waals surface area contributed by atoms with Crippen LogP contribution in [-0.4, -0.2) is 18.0 Å². The van der Waals surface area contributed by atoms with Crippen LogP contribution in [0, 0.1) is 0 Å². The first kappa shape index (κ1) is 13.1. The van der Waals surface area contributed by atoms with Gasteiger partial charge < -0.3 is 11.1 Å². The van der Waals surface area contributed by atoms with Crippen molar-refractivity contribution in [2.45, 2.75) is 44.2 Å². The largest absolute Gasteiger partial charge is 0.348 e. The molecule has 3 nitrogen and oxygen atoms in total. The van der Waals surface area contributed by atoms with E-state index in [9.17, 15) is 4.79 Å². The van der Waals surface area contributed by atoms with Crippen molar-refractivity contribution in [1.29, 1.82) is 0 Å². The molecule has 1 aromatic rings. The Bertz CT molecular complexity index is 394. The molecular formula is C12H17BrN2OS. The average molecular weight is 317 g/mol. The third-order valence-electron chi connectivity index (χ3n) is 3.22. The fraction of sp³-hybridized carbons (Fsp3) is 0.583. The van der Waals surface area contributed by atoms with Gasteiger partial charge >= 0.3 is 0 Å². The lowest BCUT2D eigenvalue weighted by Crippen LogP contribution is -2.46. The van der Waals surface area contributed by atoms with E-state index in [1.54, 1.807) is 0 Å². The second-order valence-electron chi connectivity index (χ2n) is 4.52. The van der Waals surface area contributed by atoms with Crippen LogP contribution in [0.25, 0.3) is 0 Å². The number of hydrogen-bond acceptors (Lipinski definition) is 3. The van der Waals surface area contributed by atoms with E-state index in [1.165, 1.54) is 24.2 Å². The molecule has 1 heterocycles. The highest BCUT2D eigenvalue weighted by atomic mass is 79.9. The van der Waals surface area contributed by atoms with Crippen molar-refractivity contribution in [3.63, 3.8) is 0 Å². The molecule has 0 saturated heterocycles. The van der Waals surface area contributed by atoms with Crippen molar-refractivity contribution in [1.82, 2.24) is 5.32 Å². The molecule has 0 bridgehead atoms. The number of rotatable bonds is 2. The maximum atomic E-state index is 12.0. The van der Waals surface area contributed by atoms with Crippen molar-refractivity contribution in [3.8, 4) is 0 Å². The van der Waals surface area contributed by atoms with Crippen LogP contribution in [0.1, 0.15) is 42.5 Å². The van der Waals surface area contributed by atoms with E-state index in [-0.39, 0.29) is 18.0 Å². The number of thiophene rings is 1. The van der Waals surface area contributed by atoms with Crippen molar-refractivity contribution in [2.24, 2.45) is 5.73 Å². The predicted molar refractivity (Wildman–Crippen MR) is 74.3 cm³/mol. The Morgan fingerprint density at radius 2 is 2.18 bits per heavy atom. The molecule has 2 atom stereocenters. The summed E-state index contributed by atoms with van der Waals surface area (Å²) in [5.41, 5.74) is 6.81. The second-order valence-corrected chi connectivity index (χ2v) is 6.81. The van der Waals surface area contributed by atoms with Gasteiger partial charge in [0.15, 0.2) is 0 Å². The Balaban J connectivity index is 1.97. The highest BCUT2D eigenvalue weighted by Gasteiger charge is 2.22. The zero-order valence-electron chi connectivity index (χ0n) is 9.62. The molecule has 1 saturated carbocycles. The third kappa shape index (κ3) is 3.53. The minimum Gasteiger partial charge on any atom is -0.348 e. The van der Waals surface area contributed by atoms with Gasteiger partial charge in [0.05, 0.1) is 9.35 Å².